The number of anilines is 1. The van der Waals surface area contributed by atoms with Gasteiger partial charge in [0.2, 0.25) is 21.8 Å². The highest BCUT2D eigenvalue weighted by molar-refractivity contribution is 7.92. The van der Waals surface area contributed by atoms with Crippen molar-refractivity contribution in [3.63, 3.8) is 0 Å². The van der Waals surface area contributed by atoms with Gasteiger partial charge in [-0.15, -0.1) is 0 Å². The number of hydrogen-bond acceptors (Lipinski definition) is 6. The van der Waals surface area contributed by atoms with Crippen molar-refractivity contribution in [3.8, 4) is 11.5 Å². The second-order valence-corrected chi connectivity index (χ2v) is 11.4. The Morgan fingerprint density at radius 2 is 1.73 bits per heavy atom. The lowest BCUT2D eigenvalue weighted by Crippen LogP contribution is -2.53. The molecule has 0 radical (unpaired) electrons. The van der Waals surface area contributed by atoms with Crippen LogP contribution in [0.4, 0.5) is 5.69 Å². The number of ether oxygens (including phenoxy) is 2. The predicted molar refractivity (Wildman–Crippen MR) is 146 cm³/mol. The number of carbonyl (C=O) groups excluding carboxylic acids is 2. The average Bonchev–Trinajstić information content (AvgIpc) is 2.81. The Labute approximate surface area is 228 Å². The van der Waals surface area contributed by atoms with Crippen LogP contribution in [-0.2, 0) is 26.2 Å². The van der Waals surface area contributed by atoms with Crippen LogP contribution in [0.1, 0.15) is 32.8 Å². The van der Waals surface area contributed by atoms with Crippen LogP contribution in [0, 0.1) is 0 Å². The molecule has 0 aliphatic carbocycles. The summed E-state index contributed by atoms with van der Waals surface area (Å²) in [6, 6.07) is 8.43. The lowest BCUT2D eigenvalue weighted by molar-refractivity contribution is -0.140. The third-order valence-corrected chi connectivity index (χ3v) is 7.22. The number of carbonyl (C=O) groups is 2. The Morgan fingerprint density at radius 3 is 2.24 bits per heavy atom. The summed E-state index contributed by atoms with van der Waals surface area (Å²) in [4.78, 5) is 28.2. The number of halogens is 2. The van der Waals surface area contributed by atoms with Crippen molar-refractivity contribution in [2.24, 2.45) is 0 Å². The first-order chi connectivity index (χ1) is 17.3. The summed E-state index contributed by atoms with van der Waals surface area (Å²) in [5.41, 5.74) is 0.682. The molecule has 0 heterocycles. The van der Waals surface area contributed by atoms with Gasteiger partial charge in [0.05, 0.1) is 26.2 Å². The van der Waals surface area contributed by atoms with Gasteiger partial charge in [0.15, 0.2) is 0 Å². The summed E-state index contributed by atoms with van der Waals surface area (Å²) in [6.07, 6.45) is 1.28. The normalized spacial score (nSPS) is 12.1. The molecule has 0 bridgehead atoms. The predicted octanol–water partition coefficient (Wildman–Crippen LogP) is 4.11. The number of rotatable bonds is 12. The zero-order chi connectivity index (χ0) is 27.9. The minimum atomic E-state index is -3.96. The molecule has 37 heavy (non-hydrogen) atoms. The topological polar surface area (TPSA) is 105 Å². The second kappa shape index (κ2) is 13.2. The van der Waals surface area contributed by atoms with E-state index < -0.39 is 28.5 Å². The number of benzene rings is 2. The van der Waals surface area contributed by atoms with Crippen molar-refractivity contribution in [2.45, 2.75) is 45.8 Å². The Bertz CT molecular complexity index is 1220. The largest absolute Gasteiger partial charge is 0.497 e. The van der Waals surface area contributed by atoms with Crippen molar-refractivity contribution in [2.75, 3.05) is 31.3 Å². The highest BCUT2D eigenvalue weighted by Gasteiger charge is 2.33. The number of amides is 2. The molecule has 0 unspecified atom stereocenters. The molecular formula is C25H33Cl2N3O6S. The van der Waals surface area contributed by atoms with Gasteiger partial charge in [-0.3, -0.25) is 13.9 Å². The maximum Gasteiger partial charge on any atom is 0.244 e. The summed E-state index contributed by atoms with van der Waals surface area (Å²) in [6.45, 7) is 4.78. The fraction of sp³-hybridized carbons (Fsp3) is 0.440. The first-order valence-corrected chi connectivity index (χ1v) is 14.2. The van der Waals surface area contributed by atoms with Gasteiger partial charge in [0.1, 0.15) is 24.1 Å². The van der Waals surface area contributed by atoms with E-state index in [1.807, 2.05) is 13.8 Å². The molecule has 0 aromatic heterocycles. The molecule has 12 heteroatoms. The number of nitrogens with one attached hydrogen (secondary N) is 1. The van der Waals surface area contributed by atoms with Gasteiger partial charge in [-0.05, 0) is 50.1 Å². The first-order valence-electron chi connectivity index (χ1n) is 11.6. The van der Waals surface area contributed by atoms with E-state index in [0.717, 1.165) is 10.6 Å². The number of hydrogen-bond donors (Lipinski definition) is 1. The summed E-state index contributed by atoms with van der Waals surface area (Å²) in [5, 5.41) is 3.57. The van der Waals surface area contributed by atoms with E-state index in [0.29, 0.717) is 21.4 Å². The molecule has 0 aliphatic rings. The van der Waals surface area contributed by atoms with Crippen molar-refractivity contribution in [1.82, 2.24) is 10.2 Å². The smallest absolute Gasteiger partial charge is 0.244 e. The molecule has 2 aromatic rings. The fourth-order valence-electron chi connectivity index (χ4n) is 3.72. The maximum atomic E-state index is 13.8. The summed E-state index contributed by atoms with van der Waals surface area (Å²) >= 11 is 12.4. The van der Waals surface area contributed by atoms with Gasteiger partial charge >= 0.3 is 0 Å². The summed E-state index contributed by atoms with van der Waals surface area (Å²) in [7, 11) is -1.12. The molecule has 0 fully saturated rings. The van der Waals surface area contributed by atoms with Gasteiger partial charge in [-0.2, -0.15) is 0 Å². The Morgan fingerprint density at radius 1 is 1.05 bits per heavy atom. The minimum absolute atomic E-state index is 0.0360. The monoisotopic (exact) mass is 573 g/mol. The van der Waals surface area contributed by atoms with Crippen LogP contribution < -0.4 is 19.1 Å². The number of methoxy groups -OCH3 is 2. The van der Waals surface area contributed by atoms with Gasteiger partial charge < -0.3 is 19.7 Å². The van der Waals surface area contributed by atoms with Crippen molar-refractivity contribution < 1.29 is 27.5 Å². The molecule has 2 amide bonds. The zero-order valence-electron chi connectivity index (χ0n) is 21.7. The molecule has 0 saturated heterocycles. The first kappa shape index (κ1) is 30.5. The lowest BCUT2D eigenvalue weighted by Gasteiger charge is -2.33. The van der Waals surface area contributed by atoms with Crippen LogP contribution in [-0.4, -0.2) is 64.2 Å². The summed E-state index contributed by atoms with van der Waals surface area (Å²) < 4.78 is 37.3. The molecule has 204 valence electrons. The van der Waals surface area contributed by atoms with Crippen molar-refractivity contribution in [1.29, 1.82) is 0 Å². The zero-order valence-corrected chi connectivity index (χ0v) is 24.1. The molecule has 1 N–H and O–H groups in total. The quantitative estimate of drug-likeness (QED) is 0.409. The van der Waals surface area contributed by atoms with E-state index in [1.165, 1.54) is 25.2 Å². The van der Waals surface area contributed by atoms with Gasteiger partial charge in [0.25, 0.3) is 0 Å². The van der Waals surface area contributed by atoms with E-state index in [-0.39, 0.29) is 36.4 Å². The molecule has 0 spiro atoms. The average molecular weight is 575 g/mol. The fourth-order valence-corrected chi connectivity index (χ4v) is 5.03. The standard InChI is InChI=1S/C25H33Cl2N3O6S/c1-7-21(25(32)28-16(2)3)29(14-17-8-9-18(26)12-20(17)27)24(31)15-30(37(6,33)34)22-13-19(35-4)10-11-23(22)36-5/h8-13,16,21H,7,14-15H2,1-6H3,(H,28,32)/t21-/m0/s1. The number of nitrogens with zero attached hydrogens (tertiary/aromatic N) is 2. The maximum absolute atomic E-state index is 13.8. The van der Waals surface area contributed by atoms with Gasteiger partial charge in [0, 0.05) is 28.7 Å². The Hall–Kier alpha value is -2.69. The van der Waals surface area contributed by atoms with Gasteiger partial charge in [-0.25, -0.2) is 8.42 Å². The molecule has 1 atom stereocenters. The molecule has 0 aliphatic heterocycles. The van der Waals surface area contributed by atoms with Crippen LogP contribution in [0.5, 0.6) is 11.5 Å². The molecule has 2 aromatic carbocycles. The van der Waals surface area contributed by atoms with Crippen LogP contribution >= 0.6 is 23.2 Å². The highest BCUT2D eigenvalue weighted by Crippen LogP contribution is 2.34. The van der Waals surface area contributed by atoms with E-state index in [4.69, 9.17) is 32.7 Å². The van der Waals surface area contributed by atoms with Gasteiger partial charge in [-0.1, -0.05) is 36.2 Å². The van der Waals surface area contributed by atoms with Crippen LogP contribution in [0.15, 0.2) is 36.4 Å². The van der Waals surface area contributed by atoms with Crippen molar-refractivity contribution in [3.05, 3.63) is 52.0 Å². The number of sulfonamides is 1. The Kier molecular flexibility index (Phi) is 10.9. The van der Waals surface area contributed by atoms with Crippen LogP contribution in [0.3, 0.4) is 0 Å². The second-order valence-electron chi connectivity index (χ2n) is 8.65. The molecule has 0 saturated carbocycles. The lowest BCUT2D eigenvalue weighted by atomic mass is 10.1. The third kappa shape index (κ3) is 8.15. The minimum Gasteiger partial charge on any atom is -0.497 e. The summed E-state index contributed by atoms with van der Waals surface area (Å²) in [5.74, 6) is -0.353. The van der Waals surface area contributed by atoms with Crippen LogP contribution in [0.25, 0.3) is 0 Å². The van der Waals surface area contributed by atoms with E-state index in [9.17, 15) is 18.0 Å². The van der Waals surface area contributed by atoms with E-state index in [2.05, 4.69) is 5.32 Å². The molecule has 2 rings (SSSR count). The van der Waals surface area contributed by atoms with E-state index >= 15 is 0 Å². The Balaban J connectivity index is 2.57. The molecule has 9 nitrogen and oxygen atoms in total. The SMILES string of the molecule is CC[C@@H](C(=O)NC(C)C)N(Cc1ccc(Cl)cc1Cl)C(=O)CN(c1cc(OC)ccc1OC)S(C)(=O)=O. The third-order valence-electron chi connectivity index (χ3n) is 5.51. The highest BCUT2D eigenvalue weighted by atomic mass is 35.5. The van der Waals surface area contributed by atoms with Crippen LogP contribution in [0.2, 0.25) is 10.0 Å². The molecular weight excluding hydrogens is 541 g/mol. The van der Waals surface area contributed by atoms with E-state index in [1.54, 1.807) is 37.3 Å². The van der Waals surface area contributed by atoms with Crippen molar-refractivity contribution >= 4 is 50.7 Å².